The standard InChI is InChI=1S/C12H14N2OS/c1-8-5-10(7-13)6-12(14-8)16-11-3-4-15-9(11)2/h3-6H,7,13H2,1-2H3. The number of rotatable bonds is 3. The maximum absolute atomic E-state index is 5.64. The average Bonchev–Trinajstić information content (AvgIpc) is 2.63. The third-order valence-electron chi connectivity index (χ3n) is 2.25. The van der Waals surface area contributed by atoms with Crippen LogP contribution in [0.15, 0.2) is 38.8 Å². The number of furan rings is 1. The zero-order valence-corrected chi connectivity index (χ0v) is 10.2. The topological polar surface area (TPSA) is 52.0 Å². The van der Waals surface area contributed by atoms with Gasteiger partial charge in [0.15, 0.2) is 0 Å². The monoisotopic (exact) mass is 234 g/mol. The quantitative estimate of drug-likeness (QED) is 0.887. The van der Waals surface area contributed by atoms with Gasteiger partial charge in [-0.25, -0.2) is 4.98 Å². The van der Waals surface area contributed by atoms with Gasteiger partial charge in [0.05, 0.1) is 11.2 Å². The van der Waals surface area contributed by atoms with Gasteiger partial charge in [-0.3, -0.25) is 0 Å². The van der Waals surface area contributed by atoms with E-state index in [1.54, 1.807) is 18.0 Å². The first-order chi connectivity index (χ1) is 7.69. The predicted octanol–water partition coefficient (Wildman–Crippen LogP) is 2.90. The summed E-state index contributed by atoms with van der Waals surface area (Å²) in [6, 6.07) is 5.97. The predicted molar refractivity (Wildman–Crippen MR) is 64.4 cm³/mol. The summed E-state index contributed by atoms with van der Waals surface area (Å²) >= 11 is 1.60. The van der Waals surface area contributed by atoms with Crippen molar-refractivity contribution in [3.63, 3.8) is 0 Å². The molecule has 84 valence electrons. The Hall–Kier alpha value is -1.26. The zero-order chi connectivity index (χ0) is 11.5. The van der Waals surface area contributed by atoms with Crippen molar-refractivity contribution in [3.05, 3.63) is 41.5 Å². The minimum Gasteiger partial charge on any atom is -0.468 e. The van der Waals surface area contributed by atoms with Gasteiger partial charge in [-0.05, 0) is 37.6 Å². The SMILES string of the molecule is Cc1cc(CN)cc(Sc2ccoc2C)n1. The maximum Gasteiger partial charge on any atom is 0.114 e. The van der Waals surface area contributed by atoms with E-state index in [0.717, 1.165) is 26.9 Å². The summed E-state index contributed by atoms with van der Waals surface area (Å²) in [5, 5.41) is 0.963. The van der Waals surface area contributed by atoms with E-state index < -0.39 is 0 Å². The highest BCUT2D eigenvalue weighted by Crippen LogP contribution is 2.30. The Morgan fingerprint density at radius 1 is 1.38 bits per heavy atom. The van der Waals surface area contributed by atoms with E-state index in [1.165, 1.54) is 0 Å². The Bertz CT molecular complexity index is 494. The third kappa shape index (κ3) is 2.46. The lowest BCUT2D eigenvalue weighted by Crippen LogP contribution is -1.98. The number of hydrogen-bond acceptors (Lipinski definition) is 4. The van der Waals surface area contributed by atoms with Crippen LogP contribution in [-0.2, 0) is 6.54 Å². The van der Waals surface area contributed by atoms with Crippen LogP contribution in [0.3, 0.4) is 0 Å². The van der Waals surface area contributed by atoms with Gasteiger partial charge in [-0.2, -0.15) is 0 Å². The first-order valence-electron chi connectivity index (χ1n) is 5.08. The number of nitrogens with zero attached hydrogens (tertiary/aromatic N) is 1. The van der Waals surface area contributed by atoms with Crippen molar-refractivity contribution in [2.45, 2.75) is 30.3 Å². The van der Waals surface area contributed by atoms with Crippen molar-refractivity contribution < 1.29 is 4.42 Å². The van der Waals surface area contributed by atoms with Crippen LogP contribution in [0.4, 0.5) is 0 Å². The average molecular weight is 234 g/mol. The molecule has 0 aliphatic heterocycles. The van der Waals surface area contributed by atoms with Crippen molar-refractivity contribution in [3.8, 4) is 0 Å². The summed E-state index contributed by atoms with van der Waals surface area (Å²) in [5.74, 6) is 0.919. The van der Waals surface area contributed by atoms with Crippen molar-refractivity contribution in [2.75, 3.05) is 0 Å². The van der Waals surface area contributed by atoms with Crippen molar-refractivity contribution in [1.29, 1.82) is 0 Å². The molecule has 2 aromatic rings. The molecule has 2 rings (SSSR count). The lowest BCUT2D eigenvalue weighted by Gasteiger charge is -2.04. The summed E-state index contributed by atoms with van der Waals surface area (Å²) in [6.07, 6.45) is 1.69. The fourth-order valence-corrected chi connectivity index (χ4v) is 2.41. The molecule has 2 aromatic heterocycles. The van der Waals surface area contributed by atoms with E-state index in [0.29, 0.717) is 6.54 Å². The van der Waals surface area contributed by atoms with Crippen LogP contribution in [0.2, 0.25) is 0 Å². The molecule has 0 fully saturated rings. The molecular weight excluding hydrogens is 220 g/mol. The van der Waals surface area contributed by atoms with Gasteiger partial charge in [0.1, 0.15) is 10.8 Å². The molecule has 0 amide bonds. The summed E-state index contributed by atoms with van der Waals surface area (Å²) < 4.78 is 5.25. The maximum atomic E-state index is 5.64. The van der Waals surface area contributed by atoms with Crippen molar-refractivity contribution >= 4 is 11.8 Å². The summed E-state index contributed by atoms with van der Waals surface area (Å²) in [6.45, 7) is 4.47. The molecule has 0 saturated carbocycles. The molecule has 4 heteroatoms. The summed E-state index contributed by atoms with van der Waals surface area (Å²) in [4.78, 5) is 5.56. The van der Waals surface area contributed by atoms with Gasteiger partial charge < -0.3 is 10.2 Å². The number of nitrogens with two attached hydrogens (primary N) is 1. The van der Waals surface area contributed by atoms with E-state index in [-0.39, 0.29) is 0 Å². The molecule has 0 saturated heterocycles. The number of aryl methyl sites for hydroxylation is 2. The van der Waals surface area contributed by atoms with E-state index in [9.17, 15) is 0 Å². The van der Waals surface area contributed by atoms with Crippen LogP contribution in [-0.4, -0.2) is 4.98 Å². The Balaban J connectivity index is 2.28. The Labute approximate surface area is 99.1 Å². The minimum atomic E-state index is 0.543. The molecule has 0 spiro atoms. The summed E-state index contributed by atoms with van der Waals surface area (Å²) in [5.41, 5.74) is 7.74. The van der Waals surface area contributed by atoms with Crippen LogP contribution < -0.4 is 5.73 Å². The molecule has 0 aromatic carbocycles. The highest BCUT2D eigenvalue weighted by molar-refractivity contribution is 7.99. The molecule has 0 aliphatic rings. The first kappa shape index (κ1) is 11.2. The molecule has 0 atom stereocenters. The van der Waals surface area contributed by atoms with E-state index >= 15 is 0 Å². The second kappa shape index (κ2) is 4.72. The fraction of sp³-hybridized carbons (Fsp3) is 0.250. The number of aromatic nitrogens is 1. The highest BCUT2D eigenvalue weighted by atomic mass is 32.2. The van der Waals surface area contributed by atoms with Gasteiger partial charge in [-0.15, -0.1) is 0 Å². The van der Waals surface area contributed by atoms with Crippen LogP contribution in [0.25, 0.3) is 0 Å². The van der Waals surface area contributed by atoms with Crippen LogP contribution in [0.1, 0.15) is 17.0 Å². The second-order valence-corrected chi connectivity index (χ2v) is 4.66. The van der Waals surface area contributed by atoms with Gasteiger partial charge in [0.2, 0.25) is 0 Å². The van der Waals surface area contributed by atoms with E-state index in [1.807, 2.05) is 32.0 Å². The van der Waals surface area contributed by atoms with Crippen LogP contribution in [0, 0.1) is 13.8 Å². The molecule has 0 radical (unpaired) electrons. The fourth-order valence-electron chi connectivity index (χ4n) is 1.47. The lowest BCUT2D eigenvalue weighted by atomic mass is 10.2. The first-order valence-corrected chi connectivity index (χ1v) is 5.90. The van der Waals surface area contributed by atoms with Gasteiger partial charge in [-0.1, -0.05) is 11.8 Å². The summed E-state index contributed by atoms with van der Waals surface area (Å²) in [7, 11) is 0. The largest absolute Gasteiger partial charge is 0.468 e. The number of hydrogen-bond donors (Lipinski definition) is 1. The van der Waals surface area contributed by atoms with Crippen LogP contribution in [0.5, 0.6) is 0 Å². The minimum absolute atomic E-state index is 0.543. The molecule has 2 heterocycles. The third-order valence-corrected chi connectivity index (χ3v) is 3.31. The molecule has 0 aliphatic carbocycles. The molecular formula is C12H14N2OS. The van der Waals surface area contributed by atoms with Crippen molar-refractivity contribution in [1.82, 2.24) is 4.98 Å². The zero-order valence-electron chi connectivity index (χ0n) is 9.36. The van der Waals surface area contributed by atoms with Crippen molar-refractivity contribution in [2.24, 2.45) is 5.73 Å². The Kier molecular flexibility index (Phi) is 3.31. The van der Waals surface area contributed by atoms with Gasteiger partial charge in [0, 0.05) is 12.2 Å². The molecule has 0 unspecified atom stereocenters. The smallest absolute Gasteiger partial charge is 0.114 e. The molecule has 16 heavy (non-hydrogen) atoms. The Morgan fingerprint density at radius 3 is 2.81 bits per heavy atom. The van der Waals surface area contributed by atoms with E-state index in [2.05, 4.69) is 4.98 Å². The second-order valence-electron chi connectivity index (χ2n) is 3.60. The number of pyridine rings is 1. The van der Waals surface area contributed by atoms with Crippen LogP contribution >= 0.6 is 11.8 Å². The van der Waals surface area contributed by atoms with E-state index in [4.69, 9.17) is 10.2 Å². The normalized spacial score (nSPS) is 10.7. The Morgan fingerprint density at radius 2 is 2.19 bits per heavy atom. The lowest BCUT2D eigenvalue weighted by molar-refractivity contribution is 0.527. The molecule has 2 N–H and O–H groups in total. The van der Waals surface area contributed by atoms with Gasteiger partial charge in [0.25, 0.3) is 0 Å². The molecule has 0 bridgehead atoms. The van der Waals surface area contributed by atoms with Gasteiger partial charge >= 0.3 is 0 Å². The highest BCUT2D eigenvalue weighted by Gasteiger charge is 2.06. The molecule has 3 nitrogen and oxygen atoms in total.